The maximum absolute atomic E-state index is 11.3. The molecule has 0 aliphatic rings. The SMILES string of the molecule is COC(=O)c1cc(NC(=O)OCCN)ccc1O. The molecule has 0 aliphatic heterocycles. The molecule has 0 spiro atoms. The van der Waals surface area contributed by atoms with Gasteiger partial charge in [0, 0.05) is 12.2 Å². The van der Waals surface area contributed by atoms with E-state index in [1.165, 1.54) is 25.3 Å². The Bertz CT molecular complexity index is 447. The summed E-state index contributed by atoms with van der Waals surface area (Å²) in [6.45, 7) is 0.310. The molecule has 7 heteroatoms. The summed E-state index contributed by atoms with van der Waals surface area (Å²) in [5, 5.41) is 11.8. The quantitative estimate of drug-likeness (QED) is 0.538. The van der Waals surface area contributed by atoms with Crippen LogP contribution in [-0.4, -0.2) is 37.4 Å². The number of phenolic OH excluding ortho intramolecular Hbond substituents is 1. The first-order valence-electron chi connectivity index (χ1n) is 5.13. The largest absolute Gasteiger partial charge is 0.507 e. The second kappa shape index (κ2) is 6.45. The van der Waals surface area contributed by atoms with Crippen molar-refractivity contribution in [1.82, 2.24) is 0 Å². The number of nitrogens with one attached hydrogen (secondary N) is 1. The minimum atomic E-state index is -0.702. The highest BCUT2D eigenvalue weighted by atomic mass is 16.5. The summed E-state index contributed by atoms with van der Waals surface area (Å²) in [7, 11) is 1.19. The summed E-state index contributed by atoms with van der Waals surface area (Å²) < 4.78 is 9.18. The van der Waals surface area contributed by atoms with Gasteiger partial charge in [-0.25, -0.2) is 9.59 Å². The van der Waals surface area contributed by atoms with Gasteiger partial charge in [0.15, 0.2) is 0 Å². The molecule has 1 aromatic carbocycles. The number of hydrogen-bond acceptors (Lipinski definition) is 6. The smallest absolute Gasteiger partial charge is 0.411 e. The summed E-state index contributed by atoms with van der Waals surface area (Å²) in [4.78, 5) is 22.5. The van der Waals surface area contributed by atoms with E-state index in [4.69, 9.17) is 10.5 Å². The van der Waals surface area contributed by atoms with E-state index in [1.54, 1.807) is 0 Å². The predicted molar refractivity (Wildman–Crippen MR) is 63.5 cm³/mol. The molecular weight excluding hydrogens is 240 g/mol. The monoisotopic (exact) mass is 254 g/mol. The minimum absolute atomic E-state index is 0.0471. The number of carbonyl (C=O) groups is 2. The Morgan fingerprint density at radius 3 is 2.78 bits per heavy atom. The number of anilines is 1. The third-order valence-electron chi connectivity index (χ3n) is 2.00. The Morgan fingerprint density at radius 1 is 1.44 bits per heavy atom. The van der Waals surface area contributed by atoms with E-state index in [0.717, 1.165) is 0 Å². The zero-order valence-electron chi connectivity index (χ0n) is 9.80. The molecule has 1 rings (SSSR count). The van der Waals surface area contributed by atoms with Crippen LogP contribution in [0, 0.1) is 0 Å². The number of phenols is 1. The van der Waals surface area contributed by atoms with E-state index in [9.17, 15) is 14.7 Å². The first-order chi connectivity index (χ1) is 8.58. The molecule has 18 heavy (non-hydrogen) atoms. The number of esters is 1. The van der Waals surface area contributed by atoms with Gasteiger partial charge in [0.1, 0.15) is 17.9 Å². The molecule has 0 saturated carbocycles. The van der Waals surface area contributed by atoms with Crippen LogP contribution in [0.4, 0.5) is 10.5 Å². The lowest BCUT2D eigenvalue weighted by atomic mass is 10.2. The lowest BCUT2D eigenvalue weighted by Gasteiger charge is -2.08. The first kappa shape index (κ1) is 13.8. The maximum atomic E-state index is 11.3. The normalized spacial score (nSPS) is 9.67. The van der Waals surface area contributed by atoms with Crippen LogP contribution in [0.1, 0.15) is 10.4 Å². The third-order valence-corrected chi connectivity index (χ3v) is 2.00. The van der Waals surface area contributed by atoms with E-state index in [0.29, 0.717) is 5.69 Å². The van der Waals surface area contributed by atoms with E-state index >= 15 is 0 Å². The molecule has 98 valence electrons. The second-order valence-electron chi connectivity index (χ2n) is 3.27. The van der Waals surface area contributed by atoms with Gasteiger partial charge in [-0.1, -0.05) is 0 Å². The van der Waals surface area contributed by atoms with Gasteiger partial charge in [-0.05, 0) is 18.2 Å². The number of ether oxygens (including phenoxy) is 2. The van der Waals surface area contributed by atoms with Crippen LogP contribution in [0.25, 0.3) is 0 Å². The average molecular weight is 254 g/mol. The standard InChI is InChI=1S/C11H14N2O5/c1-17-10(15)8-6-7(2-3-9(8)14)13-11(16)18-5-4-12/h2-3,6,14H,4-5,12H2,1H3,(H,13,16). The summed E-state index contributed by atoms with van der Waals surface area (Å²) in [6.07, 6.45) is -0.693. The first-order valence-corrected chi connectivity index (χ1v) is 5.13. The highest BCUT2D eigenvalue weighted by Crippen LogP contribution is 2.22. The Morgan fingerprint density at radius 2 is 2.17 bits per heavy atom. The predicted octanol–water partition coefficient (Wildman–Crippen LogP) is 0.686. The fraction of sp³-hybridized carbons (Fsp3) is 0.273. The van der Waals surface area contributed by atoms with Gasteiger partial charge < -0.3 is 20.3 Å². The van der Waals surface area contributed by atoms with Crippen LogP contribution >= 0.6 is 0 Å². The number of methoxy groups -OCH3 is 1. The maximum Gasteiger partial charge on any atom is 0.411 e. The number of rotatable bonds is 4. The molecule has 0 heterocycles. The molecule has 1 amide bonds. The zero-order valence-corrected chi connectivity index (χ0v) is 9.80. The molecule has 4 N–H and O–H groups in total. The number of nitrogens with two attached hydrogens (primary N) is 1. The zero-order chi connectivity index (χ0) is 13.5. The average Bonchev–Trinajstić information content (AvgIpc) is 2.37. The topological polar surface area (TPSA) is 111 Å². The van der Waals surface area contributed by atoms with Crippen LogP contribution in [-0.2, 0) is 9.47 Å². The van der Waals surface area contributed by atoms with Crippen LogP contribution in [0.5, 0.6) is 5.75 Å². The molecule has 0 aromatic heterocycles. The van der Waals surface area contributed by atoms with Crippen molar-refractivity contribution < 1.29 is 24.2 Å². The van der Waals surface area contributed by atoms with Crippen molar-refractivity contribution in [2.75, 3.05) is 25.6 Å². The Labute approximate surface area is 103 Å². The summed E-state index contributed by atoms with van der Waals surface area (Å²) in [6, 6.07) is 3.97. The van der Waals surface area contributed by atoms with E-state index in [1.807, 2.05) is 0 Å². The highest BCUT2D eigenvalue weighted by Gasteiger charge is 2.13. The van der Waals surface area contributed by atoms with Crippen LogP contribution in [0.3, 0.4) is 0 Å². The number of hydrogen-bond donors (Lipinski definition) is 3. The number of carbonyl (C=O) groups excluding carboxylic acids is 2. The van der Waals surface area contributed by atoms with Crippen molar-refractivity contribution >= 4 is 17.7 Å². The number of benzene rings is 1. The summed E-state index contributed by atoms with van der Waals surface area (Å²) in [5.74, 6) is -0.936. The van der Waals surface area contributed by atoms with Gasteiger partial charge >= 0.3 is 12.1 Å². The van der Waals surface area contributed by atoms with Crippen molar-refractivity contribution in [2.24, 2.45) is 5.73 Å². The third kappa shape index (κ3) is 3.63. The van der Waals surface area contributed by atoms with Crippen molar-refractivity contribution in [3.63, 3.8) is 0 Å². The van der Waals surface area contributed by atoms with Gasteiger partial charge in [0.05, 0.1) is 7.11 Å². The molecule has 0 aliphatic carbocycles. The molecule has 0 unspecified atom stereocenters. The van der Waals surface area contributed by atoms with E-state index < -0.39 is 12.1 Å². The van der Waals surface area contributed by atoms with Gasteiger partial charge in [-0.3, -0.25) is 5.32 Å². The van der Waals surface area contributed by atoms with Crippen molar-refractivity contribution in [2.45, 2.75) is 0 Å². The Hall–Kier alpha value is -2.28. The van der Waals surface area contributed by atoms with Crippen molar-refractivity contribution in [3.8, 4) is 5.75 Å². The number of amides is 1. The summed E-state index contributed by atoms with van der Waals surface area (Å²) >= 11 is 0. The van der Waals surface area contributed by atoms with Gasteiger partial charge in [-0.15, -0.1) is 0 Å². The second-order valence-corrected chi connectivity index (χ2v) is 3.27. The molecule has 7 nitrogen and oxygen atoms in total. The molecule has 0 bridgehead atoms. The van der Waals surface area contributed by atoms with Gasteiger partial charge in [0.25, 0.3) is 0 Å². The fourth-order valence-corrected chi connectivity index (χ4v) is 1.19. The molecule has 1 aromatic rings. The van der Waals surface area contributed by atoms with Crippen LogP contribution in [0.2, 0.25) is 0 Å². The minimum Gasteiger partial charge on any atom is -0.507 e. The molecule has 0 fully saturated rings. The van der Waals surface area contributed by atoms with Crippen LogP contribution in [0.15, 0.2) is 18.2 Å². The lowest BCUT2D eigenvalue weighted by Crippen LogP contribution is -2.18. The van der Waals surface area contributed by atoms with Crippen LogP contribution < -0.4 is 11.1 Å². The van der Waals surface area contributed by atoms with E-state index in [-0.39, 0.29) is 24.5 Å². The molecule has 0 saturated heterocycles. The number of aromatic hydroxyl groups is 1. The lowest BCUT2D eigenvalue weighted by molar-refractivity contribution is 0.0597. The Kier molecular flexibility index (Phi) is 4.94. The van der Waals surface area contributed by atoms with E-state index in [2.05, 4.69) is 10.1 Å². The molecule has 0 atom stereocenters. The summed E-state index contributed by atoms with van der Waals surface area (Å²) in [5.41, 5.74) is 5.43. The highest BCUT2D eigenvalue weighted by molar-refractivity contribution is 5.95. The Balaban J connectivity index is 2.79. The van der Waals surface area contributed by atoms with Crippen molar-refractivity contribution in [1.29, 1.82) is 0 Å². The molecular formula is C11H14N2O5. The van der Waals surface area contributed by atoms with Crippen molar-refractivity contribution in [3.05, 3.63) is 23.8 Å². The van der Waals surface area contributed by atoms with Gasteiger partial charge in [0.2, 0.25) is 0 Å². The fourth-order valence-electron chi connectivity index (χ4n) is 1.19. The molecule has 0 radical (unpaired) electrons. The van der Waals surface area contributed by atoms with Gasteiger partial charge in [-0.2, -0.15) is 0 Å².